The number of para-hydroxylation sites is 3. The van der Waals surface area contributed by atoms with Crippen molar-refractivity contribution in [1.82, 2.24) is 4.57 Å². The largest absolute Gasteiger partial charge is 0.310 e. The van der Waals surface area contributed by atoms with Crippen molar-refractivity contribution in [3.8, 4) is 50.2 Å². The summed E-state index contributed by atoms with van der Waals surface area (Å²) in [6.45, 7) is 26.9. The Hall–Kier alpha value is -7.79. The van der Waals surface area contributed by atoms with Gasteiger partial charge in [0.2, 0.25) is 6.71 Å². The number of hydrogen-bond acceptors (Lipinski definition) is 2. The first-order valence-corrected chi connectivity index (χ1v) is 28.8. The summed E-state index contributed by atoms with van der Waals surface area (Å²) in [5.41, 5.74) is 19.5. The lowest BCUT2D eigenvalue weighted by Gasteiger charge is -2.42. The summed E-state index contributed by atoms with van der Waals surface area (Å²) < 4.78 is 76.3. The molecule has 0 amide bonds. The van der Waals surface area contributed by atoms with Crippen molar-refractivity contribution in [2.75, 3.05) is 4.90 Å². The highest BCUT2D eigenvalue weighted by Gasteiger charge is 2.43. The second-order valence-electron chi connectivity index (χ2n) is 26.1. The lowest BCUT2D eigenvalue weighted by molar-refractivity contribution is 0.568. The molecule has 0 radical (unpaired) electrons. The van der Waals surface area contributed by atoms with E-state index < -0.39 is 24.2 Å². The molecule has 3 heterocycles. The van der Waals surface area contributed by atoms with Crippen LogP contribution in [0, 0.1) is 0 Å². The third kappa shape index (κ3) is 8.92. The molecular weight excluding hydrogens is 984 g/mol. The number of rotatable bonds is 6. The molecule has 80 heavy (non-hydrogen) atoms. The molecule has 13 rings (SSSR count). The van der Waals surface area contributed by atoms with Crippen LogP contribution >= 0.6 is 11.8 Å². The van der Waals surface area contributed by atoms with Crippen molar-refractivity contribution in [3.63, 3.8) is 0 Å². The molecule has 0 unspecified atom stereocenters. The van der Waals surface area contributed by atoms with Gasteiger partial charge < -0.3 is 9.47 Å². The predicted molar refractivity (Wildman–Crippen MR) is 347 cm³/mol. The highest BCUT2D eigenvalue weighted by Crippen LogP contribution is 2.51. The molecule has 0 fully saturated rings. The number of nitrogens with zero attached hydrogens (tertiary/aromatic N) is 2. The maximum Gasteiger partial charge on any atom is 0.249 e. The minimum Gasteiger partial charge on any atom is -0.310 e. The van der Waals surface area contributed by atoms with Gasteiger partial charge >= 0.3 is 0 Å². The Bertz CT molecular complexity index is 4540. The molecule has 0 saturated carbocycles. The zero-order valence-electron chi connectivity index (χ0n) is 56.0. The Balaban J connectivity index is 1.20. The van der Waals surface area contributed by atoms with Crippen molar-refractivity contribution in [2.24, 2.45) is 0 Å². The lowest BCUT2D eigenvalue weighted by Crippen LogP contribution is -2.60. The van der Waals surface area contributed by atoms with E-state index in [0.29, 0.717) is 5.69 Å². The van der Waals surface area contributed by atoms with E-state index >= 15 is 0 Å². The Kier molecular flexibility index (Phi) is 10.2. The van der Waals surface area contributed by atoms with Gasteiger partial charge in [0.05, 0.1) is 27.7 Å². The van der Waals surface area contributed by atoms with Gasteiger partial charge in [-0.3, -0.25) is 0 Å². The van der Waals surface area contributed by atoms with Gasteiger partial charge in [-0.05, 0) is 125 Å². The van der Waals surface area contributed by atoms with E-state index in [1.165, 1.54) is 22.3 Å². The zero-order chi connectivity index (χ0) is 62.6. The molecule has 4 heteroatoms. The zero-order valence-corrected chi connectivity index (χ0v) is 48.8. The fourth-order valence-electron chi connectivity index (χ4n) is 11.9. The highest BCUT2D eigenvalue weighted by atomic mass is 32.2. The van der Waals surface area contributed by atoms with Crippen molar-refractivity contribution in [2.45, 2.75) is 115 Å². The van der Waals surface area contributed by atoms with Crippen molar-refractivity contribution >= 4 is 73.7 Å². The van der Waals surface area contributed by atoms with Gasteiger partial charge in [0.15, 0.2) is 0 Å². The maximum atomic E-state index is 9.72. The summed E-state index contributed by atoms with van der Waals surface area (Å²) in [6, 6.07) is 56.4. The Labute approximate surface area is 490 Å². The monoisotopic (exact) mass is 1060 g/mol. The molecule has 2 nitrogen and oxygen atoms in total. The van der Waals surface area contributed by atoms with Crippen LogP contribution in [0.2, 0.25) is 0 Å². The van der Waals surface area contributed by atoms with E-state index in [4.69, 9.17) is 5.48 Å². The summed E-state index contributed by atoms with van der Waals surface area (Å²) in [5.74, 6) is 0. The molecule has 0 spiro atoms. The van der Waals surface area contributed by atoms with Gasteiger partial charge in [0.1, 0.15) is 0 Å². The van der Waals surface area contributed by atoms with Gasteiger partial charge in [-0.1, -0.05) is 276 Å². The SMILES string of the molecule is [2H]c1c([2H])c([2H])c2c(c1[2H])c1c([2H])c([2H])c([2H])c([2H])c1n2-c1cc2c3c(c1)N(c1c(-c4ccccc4)cccc1-c1ccccc1)c1cc(-c4cc(C(C)(C)C)cc(C(C)(C)C)c4)ccc1B3c1ccc(-c3cc(C(C)(C)C)cc(C(C)(C)C)c3)cc1S2. The normalized spacial score (nSPS) is 14.8. The maximum absolute atomic E-state index is 9.72. The van der Waals surface area contributed by atoms with Crippen LogP contribution in [-0.2, 0) is 21.7 Å². The second-order valence-corrected chi connectivity index (χ2v) is 27.2. The summed E-state index contributed by atoms with van der Waals surface area (Å²) in [7, 11) is 0. The van der Waals surface area contributed by atoms with Crippen LogP contribution < -0.4 is 21.3 Å². The van der Waals surface area contributed by atoms with Crippen LogP contribution in [0.25, 0.3) is 72.0 Å². The predicted octanol–water partition coefficient (Wildman–Crippen LogP) is 19.4. The van der Waals surface area contributed by atoms with Gasteiger partial charge in [0.25, 0.3) is 0 Å². The van der Waals surface area contributed by atoms with Crippen molar-refractivity contribution in [3.05, 3.63) is 234 Å². The molecule has 2 aliphatic rings. The van der Waals surface area contributed by atoms with Crippen LogP contribution in [0.15, 0.2) is 222 Å². The Morgan fingerprint density at radius 3 is 1.34 bits per heavy atom. The van der Waals surface area contributed by atoms with Crippen LogP contribution in [0.1, 0.15) is 116 Å². The number of anilines is 3. The average molecular weight is 1060 g/mol. The highest BCUT2D eigenvalue weighted by molar-refractivity contribution is 8.00. The van der Waals surface area contributed by atoms with Crippen molar-refractivity contribution in [1.29, 1.82) is 0 Å². The van der Waals surface area contributed by atoms with Gasteiger partial charge in [-0.15, -0.1) is 0 Å². The topological polar surface area (TPSA) is 8.17 Å². The third-order valence-electron chi connectivity index (χ3n) is 16.5. The van der Waals surface area contributed by atoms with Crippen LogP contribution in [-0.4, -0.2) is 11.3 Å². The average Bonchev–Trinajstić information content (AvgIpc) is 1.18. The van der Waals surface area contributed by atoms with Gasteiger partial charge in [-0.25, -0.2) is 0 Å². The number of benzene rings is 10. The molecule has 10 aromatic carbocycles. The van der Waals surface area contributed by atoms with Gasteiger partial charge in [-0.2, -0.15) is 0 Å². The van der Waals surface area contributed by atoms with E-state index in [9.17, 15) is 5.48 Å². The third-order valence-corrected chi connectivity index (χ3v) is 17.6. The Morgan fingerprint density at radius 2 is 0.850 bits per heavy atom. The first-order chi connectivity index (χ1) is 41.5. The van der Waals surface area contributed by atoms with E-state index in [2.05, 4.69) is 240 Å². The number of aromatic nitrogens is 1. The second kappa shape index (κ2) is 18.9. The first kappa shape index (κ1) is 43.1. The fraction of sp³-hybridized carbons (Fsp3) is 0.211. The summed E-state index contributed by atoms with van der Waals surface area (Å²) in [4.78, 5) is 4.39. The minimum atomic E-state index is -0.481. The van der Waals surface area contributed by atoms with Crippen LogP contribution in [0.3, 0.4) is 0 Å². The molecule has 11 aromatic rings. The molecule has 0 aliphatic carbocycles. The fourth-order valence-corrected chi connectivity index (χ4v) is 13.2. The molecule has 0 N–H and O–H groups in total. The molecule has 2 aliphatic heterocycles. The number of hydrogen-bond donors (Lipinski definition) is 0. The summed E-state index contributed by atoms with van der Waals surface area (Å²) >= 11 is 1.66. The molecule has 0 bridgehead atoms. The Morgan fingerprint density at radius 1 is 0.388 bits per heavy atom. The standard InChI is InChI=1S/C76H71BN2S/c1-73(2,3)54-38-52(39-55(44-54)74(4,5)6)50-34-36-63-67(42-50)79(72-59(48-24-15-13-16-25-48)30-23-31-60(72)49-26-17-14-18-27-49)68-46-58(78-65-32-21-19-28-61(65)62-29-20-22-33-66(62)78)47-70-71(68)77(63)64-37-35-51(43-69(64)80-70)53-40-56(75(7,8)9)45-57(41-53)76(10,11)12/h13-47H,1-12H3/i19D,20D,21D,22D,28D,29D,32D,33D. The molecule has 0 saturated heterocycles. The molecule has 1 aromatic heterocycles. The smallest absolute Gasteiger partial charge is 0.249 e. The van der Waals surface area contributed by atoms with Crippen molar-refractivity contribution < 1.29 is 11.0 Å². The quantitative estimate of drug-likeness (QED) is 0.153. The van der Waals surface area contributed by atoms with Gasteiger partial charge in [0, 0.05) is 48.8 Å². The first-order valence-electron chi connectivity index (χ1n) is 32.0. The summed E-state index contributed by atoms with van der Waals surface area (Å²) in [5, 5.41) is 0.0680. The van der Waals surface area contributed by atoms with E-state index in [1.807, 2.05) is 12.1 Å². The number of fused-ring (bicyclic) bond motifs is 7. The van der Waals surface area contributed by atoms with E-state index in [1.54, 1.807) is 16.3 Å². The minimum absolute atomic E-state index is 0.0340. The lowest BCUT2D eigenvalue weighted by atomic mass is 9.34. The molecule has 0 atom stereocenters. The van der Waals surface area contributed by atoms with E-state index in [-0.39, 0.29) is 74.3 Å². The molecule has 394 valence electrons. The van der Waals surface area contributed by atoms with Crippen LogP contribution in [0.5, 0.6) is 0 Å². The summed E-state index contributed by atoms with van der Waals surface area (Å²) in [6.07, 6.45) is 0. The molecular formula is C76H71BN2S. The van der Waals surface area contributed by atoms with E-state index in [0.717, 1.165) is 87.7 Å². The van der Waals surface area contributed by atoms with Crippen LogP contribution in [0.4, 0.5) is 17.1 Å².